The van der Waals surface area contributed by atoms with Crippen LogP contribution < -0.4 is 0 Å². The zero-order chi connectivity index (χ0) is 48.2. The van der Waals surface area contributed by atoms with Crippen LogP contribution in [0.2, 0.25) is 0 Å². The molecule has 0 spiro atoms. The maximum atomic E-state index is 13.6. The fourth-order valence-electron chi connectivity index (χ4n) is 5.47. The number of rotatable bonds is 20. The van der Waals surface area contributed by atoms with Gasteiger partial charge in [-0.3, -0.25) is 38.4 Å². The van der Waals surface area contributed by atoms with Crippen LogP contribution in [0.15, 0.2) is 0 Å². The smallest absolute Gasteiger partial charge is 0.310 e. The van der Waals surface area contributed by atoms with Crippen LogP contribution in [-0.2, 0) is 90.5 Å². The Labute approximate surface area is 370 Å². The van der Waals surface area contributed by atoms with Crippen molar-refractivity contribution >= 4 is 47.8 Å². The Bertz CT molecular complexity index is 1580. The summed E-state index contributed by atoms with van der Waals surface area (Å²) in [5, 5.41) is 0. The molecule has 0 aromatic heterocycles. The van der Waals surface area contributed by atoms with E-state index in [1.54, 1.807) is 69.2 Å². The third-order valence-corrected chi connectivity index (χ3v) is 9.52. The molecule has 360 valence electrons. The Morgan fingerprint density at radius 1 is 0.317 bits per heavy atom. The van der Waals surface area contributed by atoms with E-state index in [2.05, 4.69) is 0 Å². The van der Waals surface area contributed by atoms with Crippen LogP contribution in [0, 0.1) is 47.3 Å². The Kier molecular flexibility index (Phi) is 21.4. The molecule has 2 aliphatic heterocycles. The van der Waals surface area contributed by atoms with Crippen LogP contribution in [0.25, 0.3) is 0 Å². The zero-order valence-corrected chi connectivity index (χ0v) is 39.6. The molecule has 63 heavy (non-hydrogen) atoms. The molecule has 0 saturated carbocycles. The molecule has 2 heterocycles. The lowest BCUT2D eigenvalue weighted by Gasteiger charge is -2.49. The summed E-state index contributed by atoms with van der Waals surface area (Å²) in [6, 6.07) is 0. The molecule has 0 radical (unpaired) electrons. The first kappa shape index (κ1) is 54.8. The van der Waals surface area contributed by atoms with Gasteiger partial charge >= 0.3 is 47.8 Å². The highest BCUT2D eigenvalue weighted by Gasteiger charge is 2.59. The van der Waals surface area contributed by atoms with E-state index in [-0.39, 0.29) is 0 Å². The molecule has 19 heteroatoms. The van der Waals surface area contributed by atoms with Crippen molar-refractivity contribution in [1.82, 2.24) is 0 Å². The molecule has 0 bridgehead atoms. The number of esters is 8. The first-order chi connectivity index (χ1) is 29.2. The second kappa shape index (κ2) is 24.6. The second-order valence-corrected chi connectivity index (χ2v) is 18.1. The molecule has 4 unspecified atom stereocenters. The van der Waals surface area contributed by atoms with Crippen LogP contribution >= 0.6 is 0 Å². The van der Waals surface area contributed by atoms with Crippen LogP contribution in [0.4, 0.5) is 0 Å². The number of hydrogen-bond acceptors (Lipinski definition) is 19. The van der Waals surface area contributed by atoms with Crippen molar-refractivity contribution in [2.45, 2.75) is 172 Å². The summed E-state index contributed by atoms with van der Waals surface area (Å²) in [5.41, 5.74) is 0. The molecule has 2 aliphatic rings. The van der Waals surface area contributed by atoms with Gasteiger partial charge in [0.1, 0.15) is 31.5 Å². The molecule has 2 saturated heterocycles. The van der Waals surface area contributed by atoms with Gasteiger partial charge < -0.3 is 52.1 Å². The summed E-state index contributed by atoms with van der Waals surface area (Å²) in [6.07, 6.45) is -16.9. The zero-order valence-electron chi connectivity index (χ0n) is 39.6. The number of ether oxygens (including phenoxy) is 11. The van der Waals surface area contributed by atoms with Crippen molar-refractivity contribution in [3.05, 3.63) is 0 Å². The lowest BCUT2D eigenvalue weighted by Crippen LogP contribution is -2.68. The normalized spacial score (nSPS) is 26.2. The molecule has 0 aromatic carbocycles. The van der Waals surface area contributed by atoms with E-state index in [9.17, 15) is 38.4 Å². The van der Waals surface area contributed by atoms with Crippen LogP contribution in [-0.4, -0.2) is 122 Å². The van der Waals surface area contributed by atoms with E-state index in [4.69, 9.17) is 52.1 Å². The van der Waals surface area contributed by atoms with Crippen molar-refractivity contribution in [1.29, 1.82) is 0 Å². The van der Waals surface area contributed by atoms with Gasteiger partial charge in [0.25, 0.3) is 0 Å². The molecule has 0 amide bonds. The third-order valence-electron chi connectivity index (χ3n) is 9.52. The summed E-state index contributed by atoms with van der Waals surface area (Å²) in [5.74, 6) is -12.0. The highest BCUT2D eigenvalue weighted by molar-refractivity contribution is 5.75. The Morgan fingerprint density at radius 3 is 0.921 bits per heavy atom. The van der Waals surface area contributed by atoms with E-state index >= 15 is 0 Å². The quantitative estimate of drug-likeness (QED) is 0.123. The first-order valence-corrected chi connectivity index (χ1v) is 21.7. The van der Waals surface area contributed by atoms with Crippen LogP contribution in [0.1, 0.15) is 111 Å². The van der Waals surface area contributed by atoms with Gasteiger partial charge in [0.05, 0.1) is 47.3 Å². The number of carbonyl (C=O) groups is 8. The van der Waals surface area contributed by atoms with E-state index in [1.165, 1.54) is 41.5 Å². The molecule has 2 rings (SSSR count). The fraction of sp³-hybridized carbons (Fsp3) is 0.818. The van der Waals surface area contributed by atoms with E-state index < -0.39 is 170 Å². The summed E-state index contributed by atoms with van der Waals surface area (Å²) in [7, 11) is 0. The van der Waals surface area contributed by atoms with E-state index in [0.29, 0.717) is 0 Å². The second-order valence-electron chi connectivity index (χ2n) is 18.1. The maximum absolute atomic E-state index is 13.6. The van der Waals surface area contributed by atoms with Crippen molar-refractivity contribution in [2.75, 3.05) is 13.2 Å². The largest absolute Gasteiger partial charge is 0.463 e. The highest BCUT2D eigenvalue weighted by atomic mass is 16.8. The third kappa shape index (κ3) is 16.0. The van der Waals surface area contributed by atoms with Gasteiger partial charge in [-0.1, -0.05) is 111 Å². The fourth-order valence-corrected chi connectivity index (χ4v) is 5.47. The summed E-state index contributed by atoms with van der Waals surface area (Å²) < 4.78 is 65.9. The molecule has 0 aliphatic carbocycles. The lowest BCUT2D eigenvalue weighted by atomic mass is 9.95. The van der Waals surface area contributed by atoms with Gasteiger partial charge in [-0.2, -0.15) is 0 Å². The maximum Gasteiger partial charge on any atom is 0.310 e. The first-order valence-electron chi connectivity index (χ1n) is 21.7. The minimum absolute atomic E-state index is 0.599. The topological polar surface area (TPSA) is 238 Å². The van der Waals surface area contributed by atoms with Crippen LogP contribution in [0.3, 0.4) is 0 Å². The predicted octanol–water partition coefficient (Wildman–Crippen LogP) is 4.26. The lowest BCUT2D eigenvalue weighted by molar-refractivity contribution is -0.359. The minimum atomic E-state index is -1.89. The molecule has 2 fully saturated rings. The monoisotopic (exact) mass is 902 g/mol. The molecular formula is C44H70O19. The van der Waals surface area contributed by atoms with Crippen molar-refractivity contribution < 1.29 is 90.5 Å². The molecular weight excluding hydrogens is 832 g/mol. The standard InChI is InChI=1S/C44H70O19/c1-19(2)35(45)53-17-27-29(57-37(47)21(5)6)31(58-38(48)22(7)8)33(60-40(50)24(11)12)43(55-27)62-30-28(18-54-36(46)20(3)4)56-44(63-42(52)26(15)16)34(61-41(51)25(13)14)32(30)59-39(49)23(9)10/h19-34,43-44H,17-18H2,1-16H3/t27?,28?,29-,30-,31+,32+,33?,34?,43-,44+/m1/s1. The van der Waals surface area contributed by atoms with Crippen molar-refractivity contribution in [3.8, 4) is 0 Å². The Balaban J connectivity index is 3.04. The number of carbonyl (C=O) groups excluding carboxylic acids is 8. The van der Waals surface area contributed by atoms with Crippen molar-refractivity contribution in [2.24, 2.45) is 47.3 Å². The van der Waals surface area contributed by atoms with E-state index in [1.807, 2.05) is 0 Å². The summed E-state index contributed by atoms with van der Waals surface area (Å²) >= 11 is 0. The summed E-state index contributed by atoms with van der Waals surface area (Å²) in [6.45, 7) is 23.6. The highest BCUT2D eigenvalue weighted by Crippen LogP contribution is 2.37. The van der Waals surface area contributed by atoms with Gasteiger partial charge in [0.15, 0.2) is 30.7 Å². The van der Waals surface area contributed by atoms with E-state index in [0.717, 1.165) is 0 Å². The molecule has 19 nitrogen and oxygen atoms in total. The van der Waals surface area contributed by atoms with Crippen LogP contribution in [0.5, 0.6) is 0 Å². The minimum Gasteiger partial charge on any atom is -0.463 e. The summed E-state index contributed by atoms with van der Waals surface area (Å²) in [4.78, 5) is 106. The average Bonchev–Trinajstić information content (AvgIpc) is 3.19. The average molecular weight is 903 g/mol. The van der Waals surface area contributed by atoms with Crippen molar-refractivity contribution in [3.63, 3.8) is 0 Å². The Morgan fingerprint density at radius 2 is 0.571 bits per heavy atom. The van der Waals surface area contributed by atoms with Gasteiger partial charge in [-0.05, 0) is 0 Å². The Hall–Kier alpha value is -4.36. The number of hydrogen-bond donors (Lipinski definition) is 0. The predicted molar refractivity (Wildman–Crippen MR) is 218 cm³/mol. The molecule has 10 atom stereocenters. The SMILES string of the molecule is CC(C)C(=O)OCC1O[C@H](O[C@@H]2C(COC(=O)C(C)C)O[C@@H](OC(=O)C(C)C)C(OC(=O)C(C)C)[C@H]2OC(=O)C(C)C)C(OC(=O)C(C)C)[C@@H](OC(=O)C(C)C)[C@@H]1OC(=O)C(C)C. The van der Waals surface area contributed by atoms with Gasteiger partial charge in [0.2, 0.25) is 12.4 Å². The van der Waals surface area contributed by atoms with Gasteiger partial charge in [-0.15, -0.1) is 0 Å². The van der Waals surface area contributed by atoms with Gasteiger partial charge in [-0.25, -0.2) is 0 Å². The molecule has 0 aromatic rings. The van der Waals surface area contributed by atoms with Gasteiger partial charge in [0, 0.05) is 0 Å². The molecule has 0 N–H and O–H groups in total.